The second-order valence-electron chi connectivity index (χ2n) is 2.42. The van der Waals surface area contributed by atoms with Gasteiger partial charge in [-0.05, 0) is 28.1 Å². The molecule has 0 aliphatic heterocycles. The smallest absolute Gasteiger partial charge is 0.337 e. The van der Waals surface area contributed by atoms with Crippen molar-refractivity contribution in [1.29, 1.82) is 5.26 Å². The number of carboxylic acid groups (broad SMARTS) is 1. The van der Waals surface area contributed by atoms with Crippen LogP contribution in [0.25, 0.3) is 0 Å². The Morgan fingerprint density at radius 3 is 2.71 bits per heavy atom. The molecule has 5 heteroatoms. The molecule has 0 amide bonds. The van der Waals surface area contributed by atoms with E-state index in [4.69, 9.17) is 15.1 Å². The van der Waals surface area contributed by atoms with Gasteiger partial charge in [0.2, 0.25) is 0 Å². The Labute approximate surface area is 88.9 Å². The van der Waals surface area contributed by atoms with Crippen molar-refractivity contribution in [3.8, 4) is 11.8 Å². The number of rotatable bonds is 2. The molecule has 0 unspecified atom stereocenters. The lowest BCUT2D eigenvalue weighted by molar-refractivity contribution is 0.0696. The van der Waals surface area contributed by atoms with Gasteiger partial charge in [0.15, 0.2) is 0 Å². The molecule has 0 aromatic heterocycles. The molecule has 0 atom stereocenters. The van der Waals surface area contributed by atoms with E-state index in [0.29, 0.717) is 10.2 Å². The van der Waals surface area contributed by atoms with Crippen molar-refractivity contribution in [2.75, 3.05) is 7.11 Å². The van der Waals surface area contributed by atoms with Crippen LogP contribution in [-0.4, -0.2) is 18.2 Å². The van der Waals surface area contributed by atoms with Crippen LogP contribution in [0.1, 0.15) is 15.9 Å². The highest BCUT2D eigenvalue weighted by molar-refractivity contribution is 9.10. The molecular formula is C9H6BrNO3. The zero-order valence-electron chi connectivity index (χ0n) is 7.24. The van der Waals surface area contributed by atoms with Gasteiger partial charge in [-0.3, -0.25) is 0 Å². The highest BCUT2D eigenvalue weighted by Crippen LogP contribution is 2.30. The second kappa shape index (κ2) is 4.11. The number of carboxylic acids is 1. The van der Waals surface area contributed by atoms with Gasteiger partial charge in [0.05, 0.1) is 22.7 Å². The predicted octanol–water partition coefficient (Wildman–Crippen LogP) is 2.03. The molecule has 0 aliphatic carbocycles. The van der Waals surface area contributed by atoms with Gasteiger partial charge in [-0.1, -0.05) is 0 Å². The fourth-order valence-corrected chi connectivity index (χ4v) is 1.60. The summed E-state index contributed by atoms with van der Waals surface area (Å²) in [5.74, 6) is -0.698. The van der Waals surface area contributed by atoms with Crippen LogP contribution in [0.4, 0.5) is 0 Å². The molecule has 1 aromatic carbocycles. The molecule has 0 bridgehead atoms. The van der Waals surface area contributed by atoms with Gasteiger partial charge in [-0.15, -0.1) is 0 Å². The van der Waals surface area contributed by atoms with Crippen molar-refractivity contribution in [1.82, 2.24) is 0 Å². The first-order valence-electron chi connectivity index (χ1n) is 3.61. The number of benzene rings is 1. The molecule has 4 nitrogen and oxygen atoms in total. The maximum atomic E-state index is 10.7. The number of hydrogen-bond acceptors (Lipinski definition) is 3. The maximum absolute atomic E-state index is 10.7. The molecule has 0 radical (unpaired) electrons. The minimum Gasteiger partial charge on any atom is -0.496 e. The number of carbonyl (C=O) groups is 1. The van der Waals surface area contributed by atoms with E-state index < -0.39 is 5.97 Å². The van der Waals surface area contributed by atoms with Gasteiger partial charge in [-0.25, -0.2) is 4.79 Å². The van der Waals surface area contributed by atoms with E-state index in [0.717, 1.165) is 0 Å². The number of nitriles is 1. The van der Waals surface area contributed by atoms with Crippen molar-refractivity contribution in [3.63, 3.8) is 0 Å². The lowest BCUT2D eigenvalue weighted by Crippen LogP contribution is -2.01. The summed E-state index contributed by atoms with van der Waals surface area (Å²) in [6, 6.07) is 4.64. The average Bonchev–Trinajstić information content (AvgIpc) is 2.17. The van der Waals surface area contributed by atoms with Gasteiger partial charge in [-0.2, -0.15) is 5.26 Å². The van der Waals surface area contributed by atoms with Gasteiger partial charge in [0.1, 0.15) is 11.8 Å². The molecule has 1 rings (SSSR count). The predicted molar refractivity (Wildman–Crippen MR) is 52.4 cm³/mol. The van der Waals surface area contributed by atoms with Crippen molar-refractivity contribution >= 4 is 21.9 Å². The standard InChI is InChI=1S/C9H6BrNO3/c1-14-7-3-2-5(9(12)13)6(4-11)8(7)10/h2-3H,1H3,(H,12,13). The van der Waals surface area contributed by atoms with E-state index >= 15 is 0 Å². The van der Waals surface area contributed by atoms with Crippen molar-refractivity contribution in [2.45, 2.75) is 0 Å². The SMILES string of the molecule is COc1ccc(C(=O)O)c(C#N)c1Br. The Hall–Kier alpha value is -1.54. The topological polar surface area (TPSA) is 70.3 Å². The summed E-state index contributed by atoms with van der Waals surface area (Å²) in [6.45, 7) is 0. The molecule has 72 valence electrons. The number of hydrogen-bond donors (Lipinski definition) is 1. The Bertz CT molecular complexity index is 423. The van der Waals surface area contributed by atoms with E-state index in [-0.39, 0.29) is 11.1 Å². The van der Waals surface area contributed by atoms with E-state index in [1.807, 2.05) is 6.07 Å². The highest BCUT2D eigenvalue weighted by Gasteiger charge is 2.15. The van der Waals surface area contributed by atoms with Gasteiger partial charge in [0, 0.05) is 0 Å². The largest absolute Gasteiger partial charge is 0.496 e. The average molecular weight is 256 g/mol. The number of ether oxygens (including phenoxy) is 1. The molecule has 1 N–H and O–H groups in total. The summed E-state index contributed by atoms with van der Waals surface area (Å²) in [7, 11) is 1.45. The summed E-state index contributed by atoms with van der Waals surface area (Å²) in [6.07, 6.45) is 0. The summed E-state index contributed by atoms with van der Waals surface area (Å²) in [4.78, 5) is 10.7. The Balaban J connectivity index is 3.45. The monoisotopic (exact) mass is 255 g/mol. The third-order valence-corrected chi connectivity index (χ3v) is 2.46. The number of nitrogens with zero attached hydrogens (tertiary/aromatic N) is 1. The van der Waals surface area contributed by atoms with Crippen molar-refractivity contribution < 1.29 is 14.6 Å². The van der Waals surface area contributed by atoms with E-state index in [1.54, 1.807) is 0 Å². The number of methoxy groups -OCH3 is 1. The Kier molecular flexibility index (Phi) is 3.10. The van der Waals surface area contributed by atoms with Gasteiger partial charge in [0.25, 0.3) is 0 Å². The van der Waals surface area contributed by atoms with Crippen LogP contribution >= 0.6 is 15.9 Å². The highest BCUT2D eigenvalue weighted by atomic mass is 79.9. The second-order valence-corrected chi connectivity index (χ2v) is 3.21. The van der Waals surface area contributed by atoms with Gasteiger partial charge >= 0.3 is 5.97 Å². The molecule has 0 saturated carbocycles. The third kappa shape index (κ3) is 1.70. The Morgan fingerprint density at radius 1 is 1.64 bits per heavy atom. The first kappa shape index (κ1) is 10.5. The molecular weight excluding hydrogens is 250 g/mol. The molecule has 0 spiro atoms. The lowest BCUT2D eigenvalue weighted by atomic mass is 10.1. The minimum atomic E-state index is -1.13. The molecule has 1 aromatic rings. The molecule has 14 heavy (non-hydrogen) atoms. The van der Waals surface area contributed by atoms with Crippen LogP contribution in [0.2, 0.25) is 0 Å². The fourth-order valence-electron chi connectivity index (χ4n) is 1.00. The summed E-state index contributed by atoms with van der Waals surface area (Å²) in [5.41, 5.74) is 0.0250. The first-order chi connectivity index (χ1) is 6.61. The van der Waals surface area contributed by atoms with Crippen LogP contribution in [-0.2, 0) is 0 Å². The van der Waals surface area contributed by atoms with Crippen LogP contribution in [0, 0.1) is 11.3 Å². The summed E-state index contributed by atoms with van der Waals surface area (Å²) < 4.78 is 5.29. The number of halogens is 1. The fraction of sp³-hybridized carbons (Fsp3) is 0.111. The molecule has 0 fully saturated rings. The van der Waals surface area contributed by atoms with E-state index in [9.17, 15) is 4.79 Å². The first-order valence-corrected chi connectivity index (χ1v) is 4.41. The zero-order valence-corrected chi connectivity index (χ0v) is 8.83. The maximum Gasteiger partial charge on any atom is 0.337 e. The molecule has 0 aliphatic rings. The van der Waals surface area contributed by atoms with Crippen LogP contribution < -0.4 is 4.74 Å². The zero-order chi connectivity index (χ0) is 10.7. The molecule has 0 saturated heterocycles. The quantitative estimate of drug-likeness (QED) is 0.878. The van der Waals surface area contributed by atoms with Gasteiger partial charge < -0.3 is 9.84 Å². The van der Waals surface area contributed by atoms with Crippen molar-refractivity contribution in [2.24, 2.45) is 0 Å². The normalized spacial score (nSPS) is 9.21. The summed E-state index contributed by atoms with van der Waals surface area (Å²) in [5, 5.41) is 17.5. The van der Waals surface area contributed by atoms with Crippen molar-refractivity contribution in [3.05, 3.63) is 27.7 Å². The van der Waals surface area contributed by atoms with E-state index in [2.05, 4.69) is 15.9 Å². The third-order valence-electron chi connectivity index (χ3n) is 1.67. The molecule has 0 heterocycles. The Morgan fingerprint density at radius 2 is 2.29 bits per heavy atom. The van der Waals surface area contributed by atoms with Crippen LogP contribution in [0.3, 0.4) is 0 Å². The van der Waals surface area contributed by atoms with Crippen LogP contribution in [0.5, 0.6) is 5.75 Å². The van der Waals surface area contributed by atoms with Crippen LogP contribution in [0.15, 0.2) is 16.6 Å². The minimum absolute atomic E-state index is 0.0415. The number of aromatic carboxylic acids is 1. The lowest BCUT2D eigenvalue weighted by Gasteiger charge is -2.06. The summed E-state index contributed by atoms with van der Waals surface area (Å²) >= 11 is 3.11. The van der Waals surface area contributed by atoms with E-state index in [1.165, 1.54) is 19.2 Å².